The zero-order valence-electron chi connectivity index (χ0n) is 35.1. The van der Waals surface area contributed by atoms with Crippen LogP contribution in [-0.4, -0.2) is 78.1 Å². The molecule has 6 rings (SSSR count). The van der Waals surface area contributed by atoms with Gasteiger partial charge in [-0.25, -0.2) is 19.6 Å². The van der Waals surface area contributed by atoms with Crippen LogP contribution >= 0.6 is 0 Å². The SMILES string of the molecule is CC(C)NC(=O)[C@@H]1CCC[C@@H]1Nc1nc(Nc2ccc(C(=O)O)cc2)ncc1C(F)(F)F.CC(C)NC(=O)[C@H]1CCC[C@H]1Nc1nc(Nc2ccc(C(=O)O)cc2)ncc1C(F)(F)F. The number of rotatable bonds is 14. The van der Waals surface area contributed by atoms with E-state index in [0.29, 0.717) is 62.3 Å². The Hall–Kier alpha value is -6.74. The molecule has 4 aromatic rings. The van der Waals surface area contributed by atoms with Crippen LogP contribution in [0, 0.1) is 11.8 Å². The summed E-state index contributed by atoms with van der Waals surface area (Å²) in [5.41, 5.74) is -1.10. The zero-order valence-corrected chi connectivity index (χ0v) is 35.1. The van der Waals surface area contributed by atoms with E-state index in [1.165, 1.54) is 48.5 Å². The molecule has 2 aromatic carbocycles. The van der Waals surface area contributed by atoms with Crippen LogP contribution < -0.4 is 31.9 Å². The van der Waals surface area contributed by atoms with Crippen LogP contribution in [0.25, 0.3) is 0 Å². The smallest absolute Gasteiger partial charge is 0.421 e. The molecule has 64 heavy (non-hydrogen) atoms. The zero-order chi connectivity index (χ0) is 46.9. The second kappa shape index (κ2) is 20.6. The van der Waals surface area contributed by atoms with Crippen molar-refractivity contribution in [2.24, 2.45) is 11.8 Å². The molecule has 2 aliphatic rings. The predicted molar refractivity (Wildman–Crippen MR) is 223 cm³/mol. The van der Waals surface area contributed by atoms with E-state index in [4.69, 9.17) is 10.2 Å². The minimum absolute atomic E-state index is 0.0678. The van der Waals surface area contributed by atoms with Gasteiger partial charge in [0, 0.05) is 47.9 Å². The van der Waals surface area contributed by atoms with Crippen molar-refractivity contribution >= 4 is 58.7 Å². The largest absolute Gasteiger partial charge is 0.478 e. The number of carbonyl (C=O) groups excluding carboxylic acids is 2. The number of carbonyl (C=O) groups is 4. The van der Waals surface area contributed by atoms with E-state index in [0.717, 1.165) is 0 Å². The molecule has 2 aromatic heterocycles. The number of amides is 2. The van der Waals surface area contributed by atoms with Gasteiger partial charge in [0.05, 0.1) is 23.0 Å². The number of nitrogens with zero attached hydrogens (tertiary/aromatic N) is 4. The number of benzene rings is 2. The number of hydrogen-bond donors (Lipinski definition) is 8. The van der Waals surface area contributed by atoms with Gasteiger partial charge in [0.1, 0.15) is 22.8 Å². The van der Waals surface area contributed by atoms with Gasteiger partial charge < -0.3 is 42.1 Å². The van der Waals surface area contributed by atoms with Crippen LogP contribution in [0.1, 0.15) is 98.1 Å². The molecular weight excluding hydrogens is 855 g/mol. The number of hydrogen-bond acceptors (Lipinski definition) is 12. The summed E-state index contributed by atoms with van der Waals surface area (Å²) < 4.78 is 81.3. The molecule has 2 heterocycles. The third-order valence-corrected chi connectivity index (χ3v) is 10.2. The number of alkyl halides is 6. The van der Waals surface area contributed by atoms with Crippen LogP contribution in [-0.2, 0) is 21.9 Å². The lowest BCUT2D eigenvalue weighted by atomic mass is 10.0. The molecule has 0 radical (unpaired) electrons. The van der Waals surface area contributed by atoms with Crippen molar-refractivity contribution in [3.05, 3.63) is 83.2 Å². The fourth-order valence-electron chi connectivity index (χ4n) is 7.20. The molecule has 2 amide bonds. The van der Waals surface area contributed by atoms with Crippen LogP contribution in [0.2, 0.25) is 0 Å². The maximum atomic E-state index is 13.6. The highest BCUT2D eigenvalue weighted by atomic mass is 19.4. The summed E-state index contributed by atoms with van der Waals surface area (Å²) in [6.07, 6.45) is -4.36. The van der Waals surface area contributed by atoms with E-state index in [-0.39, 0.29) is 46.9 Å². The number of anilines is 6. The second-order valence-electron chi connectivity index (χ2n) is 15.8. The minimum atomic E-state index is -4.68. The van der Waals surface area contributed by atoms with Crippen LogP contribution in [0.3, 0.4) is 0 Å². The second-order valence-corrected chi connectivity index (χ2v) is 15.8. The van der Waals surface area contributed by atoms with E-state index in [1.807, 2.05) is 27.7 Å². The van der Waals surface area contributed by atoms with Crippen LogP contribution in [0.4, 0.5) is 61.2 Å². The lowest BCUT2D eigenvalue weighted by Crippen LogP contribution is -2.41. The summed E-state index contributed by atoms with van der Waals surface area (Å²) in [5.74, 6) is -4.53. The third-order valence-electron chi connectivity index (χ3n) is 10.2. The Morgan fingerprint density at radius 1 is 0.578 bits per heavy atom. The molecule has 2 fully saturated rings. The molecule has 344 valence electrons. The monoisotopic (exact) mass is 902 g/mol. The molecule has 0 spiro atoms. The normalized spacial score (nSPS) is 18.4. The van der Waals surface area contributed by atoms with Crippen molar-refractivity contribution in [2.45, 2.75) is 103 Å². The van der Waals surface area contributed by atoms with E-state index >= 15 is 0 Å². The van der Waals surface area contributed by atoms with E-state index in [2.05, 4.69) is 51.8 Å². The summed E-state index contributed by atoms with van der Waals surface area (Å²) in [7, 11) is 0. The van der Waals surface area contributed by atoms with Gasteiger partial charge in [-0.3, -0.25) is 9.59 Å². The van der Waals surface area contributed by atoms with Crippen LogP contribution in [0.15, 0.2) is 60.9 Å². The van der Waals surface area contributed by atoms with E-state index < -0.39 is 71.0 Å². The van der Waals surface area contributed by atoms with Gasteiger partial charge in [-0.15, -0.1) is 0 Å². The molecule has 2 aliphatic carbocycles. The molecule has 4 atom stereocenters. The standard InChI is InChI=1S/2C21H24F3N5O3/c2*1-11(2)26-18(30)14-4-3-5-16(14)28-17-15(21(22,23)24)10-25-20(29-17)27-13-8-6-12(7-9-13)19(31)32/h2*6-11,14,16H,3-5H2,1-2H3,(H,26,30)(H,31,32)(H2,25,27,28,29)/t2*14-,16+/m10/s1. The molecule has 0 aliphatic heterocycles. The fourth-order valence-corrected chi connectivity index (χ4v) is 7.20. The maximum absolute atomic E-state index is 13.6. The van der Waals surface area contributed by atoms with Gasteiger partial charge in [-0.1, -0.05) is 12.8 Å². The molecule has 0 bridgehead atoms. The van der Waals surface area contributed by atoms with Crippen molar-refractivity contribution < 1.29 is 55.7 Å². The number of aromatic carboxylic acids is 2. The Morgan fingerprint density at radius 3 is 1.22 bits per heavy atom. The third kappa shape index (κ3) is 13.1. The topological polar surface area (TPSA) is 232 Å². The summed E-state index contributed by atoms with van der Waals surface area (Å²) in [6.45, 7) is 7.29. The number of halogens is 6. The molecule has 2 saturated carbocycles. The Kier molecular flexibility index (Phi) is 15.6. The van der Waals surface area contributed by atoms with Crippen LogP contribution in [0.5, 0.6) is 0 Å². The van der Waals surface area contributed by atoms with Gasteiger partial charge >= 0.3 is 24.3 Å². The highest BCUT2D eigenvalue weighted by molar-refractivity contribution is 5.88. The van der Waals surface area contributed by atoms with Gasteiger partial charge in [-0.2, -0.15) is 36.3 Å². The average molecular weight is 903 g/mol. The number of nitrogens with one attached hydrogen (secondary N) is 6. The Bertz CT molecular complexity index is 2120. The van der Waals surface area contributed by atoms with Crippen molar-refractivity contribution in [1.29, 1.82) is 0 Å². The molecule has 22 heteroatoms. The van der Waals surface area contributed by atoms with Gasteiger partial charge in [0.25, 0.3) is 0 Å². The van der Waals surface area contributed by atoms with Crippen molar-refractivity contribution in [2.75, 3.05) is 21.3 Å². The quantitative estimate of drug-likeness (QED) is 0.0559. The fraction of sp³-hybridized carbons (Fsp3) is 0.429. The average Bonchev–Trinajstić information content (AvgIpc) is 3.87. The summed E-state index contributed by atoms with van der Waals surface area (Å²) in [4.78, 5) is 62.4. The Balaban J connectivity index is 0.000000241. The summed E-state index contributed by atoms with van der Waals surface area (Å²) >= 11 is 0. The van der Waals surface area contributed by atoms with E-state index in [1.54, 1.807) is 0 Å². The van der Waals surface area contributed by atoms with Gasteiger partial charge in [-0.05, 0) is 102 Å². The van der Waals surface area contributed by atoms with E-state index in [9.17, 15) is 45.5 Å². The van der Waals surface area contributed by atoms with Crippen molar-refractivity contribution in [3.8, 4) is 0 Å². The number of carboxylic acid groups (broad SMARTS) is 2. The molecular formula is C42H48F6N10O6. The first-order valence-electron chi connectivity index (χ1n) is 20.3. The lowest BCUT2D eigenvalue weighted by Gasteiger charge is -2.24. The van der Waals surface area contributed by atoms with Gasteiger partial charge in [0.15, 0.2) is 0 Å². The lowest BCUT2D eigenvalue weighted by molar-refractivity contribution is -0.138. The molecule has 0 unspecified atom stereocenters. The summed E-state index contributed by atoms with van der Waals surface area (Å²) in [6, 6.07) is 10.1. The van der Waals surface area contributed by atoms with Crippen molar-refractivity contribution in [1.82, 2.24) is 30.6 Å². The first kappa shape index (κ1) is 48.3. The first-order valence-corrected chi connectivity index (χ1v) is 20.3. The van der Waals surface area contributed by atoms with Gasteiger partial charge in [0.2, 0.25) is 23.7 Å². The predicted octanol–water partition coefficient (Wildman–Crippen LogP) is 8.08. The molecule has 0 saturated heterocycles. The molecule has 8 N–H and O–H groups in total. The summed E-state index contributed by atoms with van der Waals surface area (Å²) in [5, 5.41) is 34.7. The number of carboxylic acids is 2. The first-order chi connectivity index (χ1) is 30.1. The maximum Gasteiger partial charge on any atom is 0.421 e. The highest BCUT2D eigenvalue weighted by Crippen LogP contribution is 2.38. The molecule has 16 nitrogen and oxygen atoms in total. The number of aromatic nitrogens is 4. The Labute approximate surface area is 363 Å². The van der Waals surface area contributed by atoms with Crippen molar-refractivity contribution in [3.63, 3.8) is 0 Å². The highest BCUT2D eigenvalue weighted by Gasteiger charge is 2.40. The minimum Gasteiger partial charge on any atom is -0.478 e. The Morgan fingerprint density at radius 2 is 0.922 bits per heavy atom.